The van der Waals surface area contributed by atoms with Crippen LogP contribution in [0.5, 0.6) is 0 Å². The molecular formula is C19H22N4O4S. The van der Waals surface area contributed by atoms with Crippen LogP contribution >= 0.6 is 12.2 Å². The smallest absolute Gasteiger partial charge is 0.269 e. The molecule has 0 aliphatic carbocycles. The standard InChI is InChI=1S/C19H22N4O4S/c1-2-8-22-17(25)19(16(24)20-18(22)28)11-12-10-13(23(26)27)6-7-14(12)21-9-4-3-5-15(19)21/h6-7,10,15H,2-5,8-9,11H2,1H3,(H,20,24,28)/t15-,19+/m1/s1. The van der Waals surface area contributed by atoms with Crippen LogP contribution in [-0.2, 0) is 16.0 Å². The molecule has 2 fully saturated rings. The molecule has 3 aliphatic rings. The summed E-state index contributed by atoms with van der Waals surface area (Å²) in [6.07, 6.45) is 3.48. The van der Waals surface area contributed by atoms with Gasteiger partial charge in [0.15, 0.2) is 10.5 Å². The Morgan fingerprint density at radius 1 is 1.36 bits per heavy atom. The number of piperidine rings is 1. The Balaban J connectivity index is 1.87. The first-order valence-corrected chi connectivity index (χ1v) is 10.0. The molecule has 148 valence electrons. The summed E-state index contributed by atoms with van der Waals surface area (Å²) in [4.78, 5) is 41.2. The number of non-ortho nitro benzene ring substituents is 1. The van der Waals surface area contributed by atoms with Crippen LogP contribution in [0.15, 0.2) is 18.2 Å². The highest BCUT2D eigenvalue weighted by molar-refractivity contribution is 7.80. The van der Waals surface area contributed by atoms with Crippen molar-refractivity contribution in [2.75, 3.05) is 18.0 Å². The number of nitrogens with one attached hydrogen (secondary N) is 1. The van der Waals surface area contributed by atoms with Gasteiger partial charge in [0.25, 0.3) is 5.69 Å². The summed E-state index contributed by atoms with van der Waals surface area (Å²) in [7, 11) is 0. The van der Waals surface area contributed by atoms with E-state index in [9.17, 15) is 19.7 Å². The van der Waals surface area contributed by atoms with Gasteiger partial charge in [-0.3, -0.25) is 24.6 Å². The summed E-state index contributed by atoms with van der Waals surface area (Å²) in [5, 5.41) is 14.2. The second kappa shape index (κ2) is 6.80. The van der Waals surface area contributed by atoms with E-state index < -0.39 is 10.3 Å². The maximum Gasteiger partial charge on any atom is 0.269 e. The van der Waals surface area contributed by atoms with Crippen molar-refractivity contribution in [3.63, 3.8) is 0 Å². The first-order valence-electron chi connectivity index (χ1n) is 9.61. The lowest BCUT2D eigenvalue weighted by Gasteiger charge is -2.54. The van der Waals surface area contributed by atoms with Gasteiger partial charge in [0.05, 0.1) is 11.0 Å². The highest BCUT2D eigenvalue weighted by Crippen LogP contribution is 2.48. The van der Waals surface area contributed by atoms with E-state index in [4.69, 9.17) is 12.2 Å². The van der Waals surface area contributed by atoms with Crippen molar-refractivity contribution >= 4 is 40.5 Å². The number of carbonyl (C=O) groups is 2. The number of rotatable bonds is 3. The molecular weight excluding hydrogens is 380 g/mol. The van der Waals surface area contributed by atoms with E-state index in [0.717, 1.165) is 31.5 Å². The highest BCUT2D eigenvalue weighted by Gasteiger charge is 2.61. The minimum atomic E-state index is -1.31. The van der Waals surface area contributed by atoms with Crippen LogP contribution in [0, 0.1) is 15.5 Å². The van der Waals surface area contributed by atoms with Gasteiger partial charge in [0, 0.05) is 37.3 Å². The fourth-order valence-electron chi connectivity index (χ4n) is 4.84. The zero-order chi connectivity index (χ0) is 20.1. The maximum absolute atomic E-state index is 13.6. The zero-order valence-corrected chi connectivity index (χ0v) is 16.5. The van der Waals surface area contributed by atoms with E-state index in [0.29, 0.717) is 18.5 Å². The van der Waals surface area contributed by atoms with Crippen LogP contribution in [0.2, 0.25) is 0 Å². The largest absolute Gasteiger partial charge is 0.367 e. The quantitative estimate of drug-likeness (QED) is 0.360. The van der Waals surface area contributed by atoms with Crippen LogP contribution in [0.3, 0.4) is 0 Å². The van der Waals surface area contributed by atoms with Crippen molar-refractivity contribution < 1.29 is 14.5 Å². The monoisotopic (exact) mass is 402 g/mol. The number of hydrogen-bond acceptors (Lipinski definition) is 6. The summed E-state index contributed by atoms with van der Waals surface area (Å²) >= 11 is 5.25. The van der Waals surface area contributed by atoms with E-state index >= 15 is 0 Å². The van der Waals surface area contributed by atoms with Crippen LogP contribution in [0.25, 0.3) is 0 Å². The van der Waals surface area contributed by atoms with Crippen LogP contribution in [0.1, 0.15) is 38.2 Å². The molecule has 2 amide bonds. The summed E-state index contributed by atoms with van der Waals surface area (Å²) in [6.45, 7) is 3.11. The first-order chi connectivity index (χ1) is 13.4. The number of nitrogens with zero attached hydrogens (tertiary/aromatic N) is 3. The number of amides is 2. The number of hydrogen-bond donors (Lipinski definition) is 1. The van der Waals surface area contributed by atoms with E-state index in [1.54, 1.807) is 6.07 Å². The summed E-state index contributed by atoms with van der Waals surface area (Å²) in [5.41, 5.74) is 0.214. The molecule has 2 atom stereocenters. The lowest BCUT2D eigenvalue weighted by molar-refractivity contribution is -0.384. The maximum atomic E-state index is 13.6. The van der Waals surface area contributed by atoms with Gasteiger partial charge in [0.2, 0.25) is 11.8 Å². The average molecular weight is 402 g/mol. The summed E-state index contributed by atoms with van der Waals surface area (Å²) in [6, 6.07) is 4.46. The molecule has 0 unspecified atom stereocenters. The molecule has 4 rings (SSSR count). The van der Waals surface area contributed by atoms with Crippen molar-refractivity contribution in [1.29, 1.82) is 0 Å². The first kappa shape index (κ1) is 18.8. The third kappa shape index (κ3) is 2.60. The topological polar surface area (TPSA) is 95.8 Å². The Labute approximate surface area is 168 Å². The lowest BCUT2D eigenvalue weighted by atomic mass is 9.66. The predicted octanol–water partition coefficient (Wildman–Crippen LogP) is 2.15. The number of nitro groups is 1. The molecule has 2 saturated heterocycles. The minimum Gasteiger partial charge on any atom is -0.367 e. The van der Waals surface area contributed by atoms with Crippen LogP contribution in [-0.4, -0.2) is 45.9 Å². The molecule has 1 spiro atoms. The number of nitro benzene ring substituents is 1. The second-order valence-corrected chi connectivity index (χ2v) is 8.03. The fourth-order valence-corrected chi connectivity index (χ4v) is 5.11. The predicted molar refractivity (Wildman–Crippen MR) is 107 cm³/mol. The molecule has 1 aromatic carbocycles. The third-order valence-electron chi connectivity index (χ3n) is 6.07. The molecule has 0 aromatic heterocycles. The van der Waals surface area contributed by atoms with Gasteiger partial charge in [-0.05, 0) is 49.5 Å². The summed E-state index contributed by atoms with van der Waals surface area (Å²) < 4.78 is 0. The van der Waals surface area contributed by atoms with Crippen LogP contribution in [0.4, 0.5) is 11.4 Å². The molecule has 0 saturated carbocycles. The number of carbonyl (C=O) groups excluding carboxylic acids is 2. The van der Waals surface area contributed by atoms with Gasteiger partial charge < -0.3 is 10.2 Å². The molecule has 8 nitrogen and oxygen atoms in total. The Bertz CT molecular complexity index is 889. The van der Waals surface area contributed by atoms with Gasteiger partial charge in [-0.1, -0.05) is 6.92 Å². The Kier molecular flexibility index (Phi) is 4.57. The SMILES string of the molecule is CCCN1C(=O)[C@]2(Cc3cc([N+](=O)[O-])ccc3N3CCCC[C@@H]32)C(=O)NC1=S. The average Bonchev–Trinajstić information content (AvgIpc) is 2.69. The van der Waals surface area contributed by atoms with Crippen molar-refractivity contribution in [1.82, 2.24) is 10.2 Å². The third-order valence-corrected chi connectivity index (χ3v) is 6.39. The molecule has 0 bridgehead atoms. The number of benzene rings is 1. The van der Waals surface area contributed by atoms with Gasteiger partial charge in [-0.15, -0.1) is 0 Å². The molecule has 1 N–H and O–H groups in total. The van der Waals surface area contributed by atoms with E-state index in [-0.39, 0.29) is 35.1 Å². The molecule has 9 heteroatoms. The Morgan fingerprint density at radius 2 is 2.14 bits per heavy atom. The van der Waals surface area contributed by atoms with Crippen molar-refractivity contribution in [2.24, 2.45) is 5.41 Å². The Morgan fingerprint density at radius 3 is 2.86 bits per heavy atom. The second-order valence-electron chi connectivity index (χ2n) is 7.64. The van der Waals surface area contributed by atoms with Crippen molar-refractivity contribution in [2.45, 2.75) is 45.1 Å². The number of thiocarbonyl (C=S) groups is 1. The Hall–Kier alpha value is -2.55. The van der Waals surface area contributed by atoms with Gasteiger partial charge in [-0.2, -0.15) is 0 Å². The number of fused-ring (bicyclic) bond motifs is 4. The molecule has 3 heterocycles. The van der Waals surface area contributed by atoms with Crippen LogP contribution < -0.4 is 10.2 Å². The van der Waals surface area contributed by atoms with Crippen molar-refractivity contribution in [3.8, 4) is 0 Å². The molecule has 0 radical (unpaired) electrons. The van der Waals surface area contributed by atoms with E-state index in [2.05, 4.69) is 10.2 Å². The van der Waals surface area contributed by atoms with E-state index in [1.165, 1.54) is 17.0 Å². The molecule has 1 aromatic rings. The number of anilines is 1. The lowest BCUT2D eigenvalue weighted by Crippen LogP contribution is -2.72. The fraction of sp³-hybridized carbons (Fsp3) is 0.526. The van der Waals surface area contributed by atoms with Crippen molar-refractivity contribution in [3.05, 3.63) is 33.9 Å². The summed E-state index contributed by atoms with van der Waals surface area (Å²) in [5.74, 6) is -0.666. The van der Waals surface area contributed by atoms with Gasteiger partial charge >= 0.3 is 0 Å². The van der Waals surface area contributed by atoms with Gasteiger partial charge in [-0.25, -0.2) is 0 Å². The molecule has 3 aliphatic heterocycles. The normalized spacial score (nSPS) is 26.8. The zero-order valence-electron chi connectivity index (χ0n) is 15.6. The molecule has 28 heavy (non-hydrogen) atoms. The minimum absolute atomic E-state index is 0.0334. The van der Waals surface area contributed by atoms with Gasteiger partial charge in [0.1, 0.15) is 0 Å². The highest BCUT2D eigenvalue weighted by atomic mass is 32.1. The van der Waals surface area contributed by atoms with E-state index in [1.807, 2.05) is 6.92 Å².